The SMILES string of the molecule is CCCNC(=O)C(C)N(Cc1ccc(C)cc1)C(=O)CN(c1ccc(F)c(F)c1)S(C)(=O)=O. The maximum absolute atomic E-state index is 13.8. The summed E-state index contributed by atoms with van der Waals surface area (Å²) in [6.45, 7) is 5.18. The third-order valence-electron chi connectivity index (χ3n) is 5.06. The molecule has 0 aliphatic carbocycles. The lowest BCUT2D eigenvalue weighted by Crippen LogP contribution is -2.51. The molecule has 10 heteroatoms. The van der Waals surface area contributed by atoms with Gasteiger partial charge < -0.3 is 10.2 Å². The molecule has 0 saturated heterocycles. The van der Waals surface area contributed by atoms with Crippen molar-refractivity contribution >= 4 is 27.5 Å². The highest BCUT2D eigenvalue weighted by molar-refractivity contribution is 7.92. The summed E-state index contributed by atoms with van der Waals surface area (Å²) >= 11 is 0. The van der Waals surface area contributed by atoms with E-state index in [0.29, 0.717) is 23.3 Å². The number of benzene rings is 2. The fourth-order valence-corrected chi connectivity index (χ4v) is 3.96. The summed E-state index contributed by atoms with van der Waals surface area (Å²) in [5.74, 6) is -3.42. The molecule has 0 fully saturated rings. The molecule has 0 aliphatic heterocycles. The number of nitrogens with zero attached hydrogens (tertiary/aromatic N) is 2. The number of rotatable bonds is 10. The lowest BCUT2D eigenvalue weighted by Gasteiger charge is -2.31. The van der Waals surface area contributed by atoms with Gasteiger partial charge in [-0.3, -0.25) is 13.9 Å². The number of aryl methyl sites for hydroxylation is 1. The smallest absolute Gasteiger partial charge is 0.244 e. The fourth-order valence-electron chi connectivity index (χ4n) is 3.12. The van der Waals surface area contributed by atoms with Gasteiger partial charge in [0.15, 0.2) is 11.6 Å². The molecule has 33 heavy (non-hydrogen) atoms. The van der Waals surface area contributed by atoms with Crippen LogP contribution in [0.25, 0.3) is 0 Å². The Hall–Kier alpha value is -3.01. The van der Waals surface area contributed by atoms with Gasteiger partial charge in [-0.25, -0.2) is 17.2 Å². The standard InChI is InChI=1S/C23H29F2N3O4S/c1-5-12-26-23(30)17(3)27(14-18-8-6-16(2)7-9-18)22(29)15-28(33(4,31)32)19-10-11-20(24)21(25)13-19/h6-11,13,17H,5,12,14-15H2,1-4H3,(H,26,30). The second-order valence-corrected chi connectivity index (χ2v) is 9.75. The highest BCUT2D eigenvalue weighted by Crippen LogP contribution is 2.21. The third kappa shape index (κ3) is 7.24. The van der Waals surface area contributed by atoms with Crippen molar-refractivity contribution in [1.29, 1.82) is 0 Å². The third-order valence-corrected chi connectivity index (χ3v) is 6.20. The van der Waals surface area contributed by atoms with Gasteiger partial charge >= 0.3 is 0 Å². The van der Waals surface area contributed by atoms with E-state index in [4.69, 9.17) is 0 Å². The number of nitrogens with one attached hydrogen (secondary N) is 1. The van der Waals surface area contributed by atoms with Crippen molar-refractivity contribution in [2.24, 2.45) is 0 Å². The lowest BCUT2D eigenvalue weighted by molar-refractivity contribution is -0.139. The Labute approximate surface area is 193 Å². The topological polar surface area (TPSA) is 86.8 Å². The minimum Gasteiger partial charge on any atom is -0.354 e. The normalized spacial score (nSPS) is 12.2. The highest BCUT2D eigenvalue weighted by atomic mass is 32.2. The summed E-state index contributed by atoms with van der Waals surface area (Å²) in [5, 5.41) is 2.74. The van der Waals surface area contributed by atoms with Crippen molar-refractivity contribution in [3.63, 3.8) is 0 Å². The predicted molar refractivity (Wildman–Crippen MR) is 123 cm³/mol. The average molecular weight is 482 g/mol. The van der Waals surface area contributed by atoms with Crippen LogP contribution in [0.3, 0.4) is 0 Å². The van der Waals surface area contributed by atoms with Crippen LogP contribution < -0.4 is 9.62 Å². The van der Waals surface area contributed by atoms with Gasteiger partial charge in [-0.1, -0.05) is 36.8 Å². The monoisotopic (exact) mass is 481 g/mol. The number of hydrogen-bond acceptors (Lipinski definition) is 4. The van der Waals surface area contributed by atoms with Crippen LogP contribution >= 0.6 is 0 Å². The predicted octanol–water partition coefficient (Wildman–Crippen LogP) is 2.98. The van der Waals surface area contributed by atoms with Crippen LogP contribution in [0.4, 0.5) is 14.5 Å². The van der Waals surface area contributed by atoms with E-state index < -0.39 is 40.2 Å². The summed E-state index contributed by atoms with van der Waals surface area (Å²) in [6, 6.07) is 9.05. The van der Waals surface area contributed by atoms with E-state index in [1.807, 2.05) is 38.1 Å². The quantitative estimate of drug-likeness (QED) is 0.565. The van der Waals surface area contributed by atoms with Gasteiger partial charge in [0.1, 0.15) is 12.6 Å². The summed E-state index contributed by atoms with van der Waals surface area (Å²) in [7, 11) is -4.02. The number of sulfonamides is 1. The Morgan fingerprint density at radius 2 is 1.70 bits per heavy atom. The second-order valence-electron chi connectivity index (χ2n) is 7.84. The minimum absolute atomic E-state index is 0.0647. The van der Waals surface area contributed by atoms with Crippen molar-refractivity contribution in [2.75, 3.05) is 23.7 Å². The van der Waals surface area contributed by atoms with Crippen LogP contribution in [0.2, 0.25) is 0 Å². The van der Waals surface area contributed by atoms with Gasteiger partial charge in [0, 0.05) is 19.2 Å². The van der Waals surface area contributed by atoms with Gasteiger partial charge in [-0.15, -0.1) is 0 Å². The van der Waals surface area contributed by atoms with Gasteiger partial charge in [-0.05, 0) is 38.0 Å². The molecule has 180 valence electrons. The summed E-state index contributed by atoms with van der Waals surface area (Å²) in [4.78, 5) is 27.2. The number of carbonyl (C=O) groups excluding carboxylic acids is 2. The molecule has 2 rings (SSSR count). The zero-order valence-electron chi connectivity index (χ0n) is 19.1. The molecule has 0 bridgehead atoms. The van der Waals surface area contributed by atoms with Crippen LogP contribution in [-0.4, -0.2) is 50.5 Å². The van der Waals surface area contributed by atoms with Gasteiger partial charge in [-0.2, -0.15) is 0 Å². The van der Waals surface area contributed by atoms with E-state index in [1.54, 1.807) is 6.92 Å². The van der Waals surface area contributed by atoms with Crippen LogP contribution in [0.15, 0.2) is 42.5 Å². The molecular weight excluding hydrogens is 452 g/mol. The summed E-state index contributed by atoms with van der Waals surface area (Å²) in [5.41, 5.74) is 1.58. The van der Waals surface area contributed by atoms with Crippen LogP contribution in [0.1, 0.15) is 31.4 Å². The van der Waals surface area contributed by atoms with Crippen LogP contribution in [0, 0.1) is 18.6 Å². The average Bonchev–Trinajstić information content (AvgIpc) is 2.76. The maximum atomic E-state index is 13.8. The number of carbonyl (C=O) groups is 2. The number of anilines is 1. The Kier molecular flexibility index (Phi) is 8.92. The van der Waals surface area contributed by atoms with Gasteiger partial charge in [0.2, 0.25) is 21.8 Å². The molecule has 0 aromatic heterocycles. The second kappa shape index (κ2) is 11.2. The number of halogens is 2. The van der Waals surface area contributed by atoms with E-state index >= 15 is 0 Å². The Balaban J connectivity index is 2.38. The molecule has 0 radical (unpaired) electrons. The first-order valence-corrected chi connectivity index (χ1v) is 12.3. The molecule has 2 amide bonds. The first-order valence-electron chi connectivity index (χ1n) is 10.5. The summed E-state index contributed by atoms with van der Waals surface area (Å²) < 4.78 is 52.6. The lowest BCUT2D eigenvalue weighted by atomic mass is 10.1. The zero-order chi connectivity index (χ0) is 24.8. The largest absolute Gasteiger partial charge is 0.354 e. The van der Waals surface area contributed by atoms with Gasteiger partial charge in [0.05, 0.1) is 11.9 Å². The van der Waals surface area contributed by atoms with Crippen molar-refractivity contribution in [3.05, 3.63) is 65.2 Å². The first-order chi connectivity index (χ1) is 15.4. The molecule has 1 atom stereocenters. The van der Waals surface area contributed by atoms with E-state index in [2.05, 4.69) is 5.32 Å². The molecule has 7 nitrogen and oxygen atoms in total. The summed E-state index contributed by atoms with van der Waals surface area (Å²) in [6.07, 6.45) is 1.57. The molecule has 1 N–H and O–H groups in total. The van der Waals surface area contributed by atoms with E-state index in [0.717, 1.165) is 29.5 Å². The first kappa shape index (κ1) is 26.2. The molecule has 0 spiro atoms. The molecule has 2 aromatic rings. The molecule has 2 aromatic carbocycles. The van der Waals surface area contributed by atoms with Crippen molar-refractivity contribution in [3.8, 4) is 0 Å². The number of hydrogen-bond donors (Lipinski definition) is 1. The molecular formula is C23H29F2N3O4S. The van der Waals surface area contributed by atoms with Crippen molar-refractivity contribution in [1.82, 2.24) is 10.2 Å². The van der Waals surface area contributed by atoms with E-state index in [9.17, 15) is 26.8 Å². The fraction of sp³-hybridized carbons (Fsp3) is 0.391. The molecule has 0 heterocycles. The van der Waals surface area contributed by atoms with Gasteiger partial charge in [0.25, 0.3) is 0 Å². The van der Waals surface area contributed by atoms with E-state index in [-0.39, 0.29) is 18.1 Å². The van der Waals surface area contributed by atoms with E-state index in [1.165, 1.54) is 4.90 Å². The zero-order valence-corrected chi connectivity index (χ0v) is 20.0. The Morgan fingerprint density at radius 1 is 1.06 bits per heavy atom. The molecule has 1 unspecified atom stereocenters. The minimum atomic E-state index is -4.02. The highest BCUT2D eigenvalue weighted by Gasteiger charge is 2.30. The Bertz CT molecular complexity index is 1090. The van der Waals surface area contributed by atoms with Crippen LogP contribution in [0.5, 0.6) is 0 Å². The van der Waals surface area contributed by atoms with Crippen molar-refractivity contribution in [2.45, 2.75) is 39.8 Å². The van der Waals surface area contributed by atoms with Crippen LogP contribution in [-0.2, 0) is 26.2 Å². The maximum Gasteiger partial charge on any atom is 0.244 e. The Morgan fingerprint density at radius 3 is 2.24 bits per heavy atom. The number of amides is 2. The molecule has 0 saturated carbocycles. The molecule has 0 aliphatic rings. The van der Waals surface area contributed by atoms with Crippen molar-refractivity contribution < 1.29 is 26.8 Å².